The molecular weight excluding hydrogens is 236 g/mol. The Kier molecular flexibility index (Phi) is 4.03. The van der Waals surface area contributed by atoms with E-state index in [-0.39, 0.29) is 5.75 Å². The highest BCUT2D eigenvalue weighted by Gasteiger charge is 2.08. The van der Waals surface area contributed by atoms with Crippen LogP contribution in [-0.4, -0.2) is 21.0 Å². The van der Waals surface area contributed by atoms with Gasteiger partial charge in [-0.15, -0.1) is 0 Å². The summed E-state index contributed by atoms with van der Waals surface area (Å²) >= 11 is 1.79. The number of thioether (sulfide) groups is 1. The fourth-order valence-electron chi connectivity index (χ4n) is 1.34. The van der Waals surface area contributed by atoms with E-state index in [2.05, 4.69) is 17.1 Å². The normalized spacial score (nSPS) is 10.6. The zero-order valence-corrected chi connectivity index (χ0v) is 10.4. The fourth-order valence-corrected chi connectivity index (χ4v) is 2.07. The van der Waals surface area contributed by atoms with Crippen LogP contribution in [0.4, 0.5) is 0 Å². The van der Waals surface area contributed by atoms with Crippen molar-refractivity contribution < 1.29 is 9.63 Å². The molecule has 1 N–H and O–H groups in total. The summed E-state index contributed by atoms with van der Waals surface area (Å²) in [6.45, 7) is 2.14. The maximum Gasteiger partial charge on any atom is 0.257 e. The zero-order chi connectivity index (χ0) is 12.1. The Balaban J connectivity index is 2.04. The van der Waals surface area contributed by atoms with Crippen LogP contribution in [0.1, 0.15) is 19.2 Å². The summed E-state index contributed by atoms with van der Waals surface area (Å²) in [6, 6.07) is 6.72. The Morgan fingerprint density at radius 3 is 2.76 bits per heavy atom. The van der Waals surface area contributed by atoms with E-state index < -0.39 is 0 Å². The van der Waals surface area contributed by atoms with Crippen LogP contribution in [0.2, 0.25) is 0 Å². The lowest BCUT2D eigenvalue weighted by atomic mass is 10.2. The molecule has 0 bridgehead atoms. The van der Waals surface area contributed by atoms with Gasteiger partial charge in [0.2, 0.25) is 0 Å². The van der Waals surface area contributed by atoms with Crippen molar-refractivity contribution in [2.45, 2.75) is 19.1 Å². The van der Waals surface area contributed by atoms with Crippen LogP contribution < -0.4 is 0 Å². The number of rotatable bonds is 5. The lowest BCUT2D eigenvalue weighted by molar-refractivity contribution is 0.425. The van der Waals surface area contributed by atoms with Crippen LogP contribution in [-0.2, 0) is 5.75 Å². The molecule has 0 aliphatic heterocycles. The lowest BCUT2D eigenvalue weighted by Crippen LogP contribution is -1.85. The number of aromatic nitrogens is 2. The number of phenolic OH excluding ortho intramolecular Hbond substituents is 1. The molecule has 1 heterocycles. The summed E-state index contributed by atoms with van der Waals surface area (Å²) < 4.78 is 5.17. The highest BCUT2D eigenvalue weighted by molar-refractivity contribution is 7.98. The van der Waals surface area contributed by atoms with Crippen molar-refractivity contribution in [1.29, 1.82) is 0 Å². The van der Waals surface area contributed by atoms with E-state index in [1.807, 2.05) is 0 Å². The molecule has 0 atom stereocenters. The molecular formula is C12H14N2O2S. The van der Waals surface area contributed by atoms with E-state index in [1.54, 1.807) is 36.0 Å². The first-order valence-corrected chi connectivity index (χ1v) is 6.65. The minimum absolute atomic E-state index is 0.229. The van der Waals surface area contributed by atoms with Gasteiger partial charge in [0.1, 0.15) is 5.75 Å². The third-order valence-electron chi connectivity index (χ3n) is 2.16. The minimum Gasteiger partial charge on any atom is -0.508 e. The fraction of sp³-hybridized carbons (Fsp3) is 0.333. The van der Waals surface area contributed by atoms with Gasteiger partial charge in [-0.2, -0.15) is 16.7 Å². The lowest BCUT2D eigenvalue weighted by Gasteiger charge is -1.94. The summed E-state index contributed by atoms with van der Waals surface area (Å²) in [5.41, 5.74) is 0.821. The Hall–Kier alpha value is -1.49. The van der Waals surface area contributed by atoms with Gasteiger partial charge in [0.05, 0.1) is 5.75 Å². The molecule has 0 spiro atoms. The minimum atomic E-state index is 0.229. The molecule has 0 amide bonds. The largest absolute Gasteiger partial charge is 0.508 e. The number of benzene rings is 1. The average Bonchev–Trinajstić information content (AvgIpc) is 2.79. The smallest absolute Gasteiger partial charge is 0.257 e. The van der Waals surface area contributed by atoms with Gasteiger partial charge < -0.3 is 9.63 Å². The molecule has 5 heteroatoms. The molecule has 0 saturated heterocycles. The molecule has 90 valence electrons. The molecule has 1 aromatic heterocycles. The number of hydrogen-bond donors (Lipinski definition) is 1. The number of phenols is 1. The Morgan fingerprint density at radius 1 is 1.29 bits per heavy atom. The predicted octanol–water partition coefficient (Wildman–Crippen LogP) is 3.09. The molecule has 4 nitrogen and oxygen atoms in total. The molecule has 1 aromatic carbocycles. The van der Waals surface area contributed by atoms with E-state index in [1.165, 1.54) is 0 Å². The molecule has 0 fully saturated rings. The van der Waals surface area contributed by atoms with Gasteiger partial charge in [-0.25, -0.2) is 0 Å². The van der Waals surface area contributed by atoms with Crippen LogP contribution in [0, 0.1) is 0 Å². The van der Waals surface area contributed by atoms with Gasteiger partial charge in [-0.05, 0) is 36.4 Å². The second kappa shape index (κ2) is 5.72. The third kappa shape index (κ3) is 3.23. The first kappa shape index (κ1) is 12.0. The molecule has 0 aliphatic carbocycles. The van der Waals surface area contributed by atoms with Crippen LogP contribution in [0.25, 0.3) is 11.5 Å². The van der Waals surface area contributed by atoms with Crippen molar-refractivity contribution in [2.75, 3.05) is 5.75 Å². The van der Waals surface area contributed by atoms with Gasteiger partial charge in [0.25, 0.3) is 5.89 Å². The first-order valence-electron chi connectivity index (χ1n) is 5.49. The topological polar surface area (TPSA) is 59.2 Å². The quantitative estimate of drug-likeness (QED) is 0.826. The molecule has 0 unspecified atom stereocenters. The van der Waals surface area contributed by atoms with Crippen molar-refractivity contribution in [2.24, 2.45) is 0 Å². The standard InChI is InChI=1S/C12H14N2O2S/c1-2-7-17-8-11-13-12(16-14-11)9-3-5-10(15)6-4-9/h3-6,15H,2,7-8H2,1H3. The van der Waals surface area contributed by atoms with E-state index in [0.717, 1.165) is 23.5 Å². The summed E-state index contributed by atoms with van der Waals surface area (Å²) in [7, 11) is 0. The molecule has 2 aromatic rings. The monoisotopic (exact) mass is 250 g/mol. The highest BCUT2D eigenvalue weighted by Crippen LogP contribution is 2.21. The van der Waals surface area contributed by atoms with Gasteiger partial charge in [0, 0.05) is 5.56 Å². The van der Waals surface area contributed by atoms with Gasteiger partial charge in [-0.3, -0.25) is 0 Å². The van der Waals surface area contributed by atoms with Crippen LogP contribution in [0.3, 0.4) is 0 Å². The highest BCUT2D eigenvalue weighted by atomic mass is 32.2. The third-order valence-corrected chi connectivity index (χ3v) is 3.32. The number of hydrogen-bond acceptors (Lipinski definition) is 5. The average molecular weight is 250 g/mol. The Labute approximate surface area is 104 Å². The van der Waals surface area contributed by atoms with Gasteiger partial charge >= 0.3 is 0 Å². The van der Waals surface area contributed by atoms with Crippen molar-refractivity contribution in [3.8, 4) is 17.2 Å². The molecule has 0 radical (unpaired) electrons. The maximum absolute atomic E-state index is 9.18. The predicted molar refractivity (Wildman–Crippen MR) is 67.9 cm³/mol. The second-order valence-electron chi connectivity index (χ2n) is 3.62. The van der Waals surface area contributed by atoms with Gasteiger partial charge in [-0.1, -0.05) is 12.1 Å². The van der Waals surface area contributed by atoms with E-state index in [0.29, 0.717) is 11.7 Å². The van der Waals surface area contributed by atoms with Crippen LogP contribution in [0.15, 0.2) is 28.8 Å². The van der Waals surface area contributed by atoms with Crippen molar-refractivity contribution in [1.82, 2.24) is 10.1 Å². The molecule has 0 saturated carbocycles. The summed E-state index contributed by atoms with van der Waals surface area (Å²) in [4.78, 5) is 4.30. The van der Waals surface area contributed by atoms with E-state index >= 15 is 0 Å². The molecule has 17 heavy (non-hydrogen) atoms. The number of nitrogens with zero attached hydrogens (tertiary/aromatic N) is 2. The Bertz CT molecular complexity index is 468. The zero-order valence-electron chi connectivity index (χ0n) is 9.59. The van der Waals surface area contributed by atoms with Crippen molar-refractivity contribution in [3.63, 3.8) is 0 Å². The number of aromatic hydroxyl groups is 1. The summed E-state index contributed by atoms with van der Waals surface area (Å²) in [5.74, 6) is 3.31. The first-order chi connectivity index (χ1) is 8.29. The van der Waals surface area contributed by atoms with Crippen LogP contribution in [0.5, 0.6) is 5.75 Å². The van der Waals surface area contributed by atoms with E-state index in [4.69, 9.17) is 4.52 Å². The second-order valence-corrected chi connectivity index (χ2v) is 4.72. The maximum atomic E-state index is 9.18. The van der Waals surface area contributed by atoms with Crippen molar-refractivity contribution >= 4 is 11.8 Å². The summed E-state index contributed by atoms with van der Waals surface area (Å²) in [5, 5.41) is 13.1. The van der Waals surface area contributed by atoms with E-state index in [9.17, 15) is 5.11 Å². The van der Waals surface area contributed by atoms with Crippen LogP contribution >= 0.6 is 11.8 Å². The van der Waals surface area contributed by atoms with Gasteiger partial charge in [0.15, 0.2) is 5.82 Å². The molecule has 0 aliphatic rings. The SMILES string of the molecule is CCCSCc1noc(-c2ccc(O)cc2)n1. The Morgan fingerprint density at radius 2 is 2.06 bits per heavy atom. The summed E-state index contributed by atoms with van der Waals surface area (Å²) in [6.07, 6.45) is 1.15. The van der Waals surface area contributed by atoms with Crippen molar-refractivity contribution in [3.05, 3.63) is 30.1 Å². The molecule has 2 rings (SSSR count).